The van der Waals surface area contributed by atoms with Crippen molar-refractivity contribution in [1.82, 2.24) is 20.0 Å². The van der Waals surface area contributed by atoms with Crippen molar-refractivity contribution in [2.75, 3.05) is 33.4 Å². The van der Waals surface area contributed by atoms with Gasteiger partial charge in [0.05, 0.1) is 5.69 Å². The van der Waals surface area contributed by atoms with Crippen molar-refractivity contribution in [2.45, 2.75) is 25.7 Å². The number of hydrogen-bond acceptors (Lipinski definition) is 3. The molecule has 0 unspecified atom stereocenters. The van der Waals surface area contributed by atoms with Crippen LogP contribution in [0.25, 0.3) is 5.65 Å². The maximum Gasteiger partial charge on any atom is 0.190 e. The molecule has 1 fully saturated rings. The van der Waals surface area contributed by atoms with Gasteiger partial charge in [-0.3, -0.25) is 4.99 Å². The molecule has 1 aliphatic rings. The molecule has 2 aromatic rings. The van der Waals surface area contributed by atoms with Crippen LogP contribution in [-0.2, 0) is 11.2 Å². The molecule has 0 aromatic carbocycles. The lowest BCUT2D eigenvalue weighted by molar-refractivity contribution is 0.123. The van der Waals surface area contributed by atoms with Crippen molar-refractivity contribution >= 4 is 11.6 Å². The van der Waals surface area contributed by atoms with Gasteiger partial charge in [0.25, 0.3) is 0 Å². The zero-order valence-corrected chi connectivity index (χ0v) is 14.4. The predicted octanol–water partition coefficient (Wildman–Crippen LogP) is 1.86. The van der Waals surface area contributed by atoms with Crippen LogP contribution in [0.1, 0.15) is 25.0 Å². The Balaban J connectivity index is 1.30. The Bertz CT molecular complexity index is 629. The minimum Gasteiger partial charge on any atom is -0.381 e. The van der Waals surface area contributed by atoms with Crippen LogP contribution in [0.15, 0.2) is 35.6 Å². The van der Waals surface area contributed by atoms with Crippen molar-refractivity contribution in [3.8, 4) is 0 Å². The number of guanidine groups is 1. The lowest BCUT2D eigenvalue weighted by Crippen LogP contribution is -2.39. The topological polar surface area (TPSA) is 63.0 Å². The largest absolute Gasteiger partial charge is 0.381 e. The number of aliphatic imine (C=N–C) groups is 1. The van der Waals surface area contributed by atoms with Crippen molar-refractivity contribution in [2.24, 2.45) is 10.9 Å². The highest BCUT2D eigenvalue weighted by molar-refractivity contribution is 5.79. The van der Waals surface area contributed by atoms with Crippen molar-refractivity contribution in [1.29, 1.82) is 0 Å². The molecule has 3 rings (SSSR count). The lowest BCUT2D eigenvalue weighted by Gasteiger charge is -2.11. The molecule has 6 nitrogen and oxygen atoms in total. The van der Waals surface area contributed by atoms with Gasteiger partial charge in [-0.05, 0) is 37.3 Å². The highest BCUT2D eigenvalue weighted by Gasteiger charge is 2.20. The van der Waals surface area contributed by atoms with Crippen molar-refractivity contribution in [3.63, 3.8) is 0 Å². The number of nitrogens with one attached hydrogen (secondary N) is 2. The van der Waals surface area contributed by atoms with Gasteiger partial charge < -0.3 is 19.8 Å². The van der Waals surface area contributed by atoms with E-state index in [1.165, 1.54) is 12.8 Å². The van der Waals surface area contributed by atoms with Crippen LogP contribution in [-0.4, -0.2) is 48.7 Å². The molecular formula is C18H27N5O. The maximum absolute atomic E-state index is 5.63. The standard InChI is InChI=1S/C18H27N5O/c1-19-18(20-9-4-12-24-14-15-6-7-15)21-10-8-16-13-23-11-3-2-5-17(23)22-16/h2-3,5,11,13,15H,4,6-10,12,14H2,1H3,(H2,19,20,21). The zero-order valence-electron chi connectivity index (χ0n) is 14.4. The number of rotatable bonds is 9. The molecule has 0 radical (unpaired) electrons. The fraction of sp³-hybridized carbons (Fsp3) is 0.556. The van der Waals surface area contributed by atoms with Gasteiger partial charge in [0, 0.05) is 52.2 Å². The van der Waals surface area contributed by atoms with Crippen LogP contribution in [0.2, 0.25) is 0 Å². The van der Waals surface area contributed by atoms with Gasteiger partial charge >= 0.3 is 0 Å². The predicted molar refractivity (Wildman–Crippen MR) is 96.4 cm³/mol. The second kappa shape index (κ2) is 8.68. The van der Waals surface area contributed by atoms with Crippen LogP contribution < -0.4 is 10.6 Å². The first-order valence-corrected chi connectivity index (χ1v) is 8.80. The number of pyridine rings is 1. The van der Waals surface area contributed by atoms with Crippen molar-refractivity contribution < 1.29 is 4.74 Å². The van der Waals surface area contributed by atoms with Crippen LogP contribution in [0.3, 0.4) is 0 Å². The molecule has 1 aliphatic carbocycles. The maximum atomic E-state index is 5.63. The van der Waals surface area contributed by atoms with E-state index in [2.05, 4.69) is 26.8 Å². The third kappa shape index (κ3) is 5.23. The summed E-state index contributed by atoms with van der Waals surface area (Å²) < 4.78 is 7.68. The average molecular weight is 329 g/mol. The molecule has 130 valence electrons. The first-order chi connectivity index (χ1) is 11.8. The number of aromatic nitrogens is 2. The van der Waals surface area contributed by atoms with Crippen LogP contribution in [0.4, 0.5) is 0 Å². The van der Waals surface area contributed by atoms with Gasteiger partial charge in [0.2, 0.25) is 0 Å². The van der Waals surface area contributed by atoms with Gasteiger partial charge in [0.15, 0.2) is 5.96 Å². The van der Waals surface area contributed by atoms with Gasteiger partial charge in [-0.15, -0.1) is 0 Å². The van der Waals surface area contributed by atoms with E-state index in [0.717, 1.165) is 62.4 Å². The van der Waals surface area contributed by atoms with E-state index >= 15 is 0 Å². The molecular weight excluding hydrogens is 302 g/mol. The Labute approximate surface area is 143 Å². The normalized spacial score (nSPS) is 15.0. The van der Waals surface area contributed by atoms with Crippen LogP contribution in [0, 0.1) is 5.92 Å². The SMILES string of the molecule is CN=C(NCCCOCC1CC1)NCCc1cn2ccccc2n1. The second-order valence-electron chi connectivity index (χ2n) is 6.25. The fourth-order valence-electron chi connectivity index (χ4n) is 2.55. The summed E-state index contributed by atoms with van der Waals surface area (Å²) in [7, 11) is 1.80. The van der Waals surface area contributed by atoms with Crippen LogP contribution >= 0.6 is 0 Å². The van der Waals surface area contributed by atoms with Gasteiger partial charge in [-0.2, -0.15) is 0 Å². The van der Waals surface area contributed by atoms with Gasteiger partial charge in [0.1, 0.15) is 5.65 Å². The average Bonchev–Trinajstić information content (AvgIpc) is 3.33. The molecule has 0 saturated heterocycles. The molecule has 0 amide bonds. The fourth-order valence-corrected chi connectivity index (χ4v) is 2.55. The van der Waals surface area contributed by atoms with E-state index in [1.54, 1.807) is 7.05 Å². The lowest BCUT2D eigenvalue weighted by atomic mass is 10.3. The van der Waals surface area contributed by atoms with Crippen molar-refractivity contribution in [3.05, 3.63) is 36.3 Å². The Kier molecular flexibility index (Phi) is 6.07. The Morgan fingerprint density at radius 3 is 3.00 bits per heavy atom. The van der Waals surface area contributed by atoms with E-state index in [-0.39, 0.29) is 0 Å². The number of fused-ring (bicyclic) bond motifs is 1. The Morgan fingerprint density at radius 1 is 1.33 bits per heavy atom. The Morgan fingerprint density at radius 2 is 2.21 bits per heavy atom. The molecule has 2 aromatic heterocycles. The summed E-state index contributed by atoms with van der Waals surface area (Å²) >= 11 is 0. The summed E-state index contributed by atoms with van der Waals surface area (Å²) in [5.41, 5.74) is 2.07. The van der Waals surface area contributed by atoms with Gasteiger partial charge in [-0.25, -0.2) is 4.98 Å². The Hall–Kier alpha value is -2.08. The van der Waals surface area contributed by atoms with E-state index in [1.807, 2.05) is 28.8 Å². The highest BCUT2D eigenvalue weighted by atomic mass is 16.5. The van der Waals surface area contributed by atoms with Crippen LogP contribution in [0.5, 0.6) is 0 Å². The number of nitrogens with zero attached hydrogens (tertiary/aromatic N) is 3. The number of imidazole rings is 1. The minimum absolute atomic E-state index is 0.807. The molecule has 2 heterocycles. The quantitative estimate of drug-likeness (QED) is 0.419. The summed E-state index contributed by atoms with van der Waals surface area (Å²) in [5, 5.41) is 6.65. The molecule has 6 heteroatoms. The third-order valence-electron chi connectivity index (χ3n) is 4.12. The van der Waals surface area contributed by atoms with E-state index in [0.29, 0.717) is 0 Å². The molecule has 0 bridgehead atoms. The summed E-state index contributed by atoms with van der Waals surface area (Å²) in [6.07, 6.45) is 8.66. The van der Waals surface area contributed by atoms with E-state index in [9.17, 15) is 0 Å². The second-order valence-corrected chi connectivity index (χ2v) is 6.25. The molecule has 2 N–H and O–H groups in total. The van der Waals surface area contributed by atoms with Gasteiger partial charge in [-0.1, -0.05) is 6.07 Å². The molecule has 0 aliphatic heterocycles. The summed E-state index contributed by atoms with van der Waals surface area (Å²) in [4.78, 5) is 8.84. The van der Waals surface area contributed by atoms with E-state index in [4.69, 9.17) is 4.74 Å². The highest BCUT2D eigenvalue weighted by Crippen LogP contribution is 2.28. The molecule has 1 saturated carbocycles. The molecule has 0 spiro atoms. The number of ether oxygens (including phenoxy) is 1. The molecule has 24 heavy (non-hydrogen) atoms. The summed E-state index contributed by atoms with van der Waals surface area (Å²) in [6.45, 7) is 3.44. The summed E-state index contributed by atoms with van der Waals surface area (Å²) in [6, 6.07) is 6.03. The summed E-state index contributed by atoms with van der Waals surface area (Å²) in [5.74, 6) is 1.67. The van der Waals surface area contributed by atoms with E-state index < -0.39 is 0 Å². The first-order valence-electron chi connectivity index (χ1n) is 8.80. The minimum atomic E-state index is 0.807. The smallest absolute Gasteiger partial charge is 0.190 e. The third-order valence-corrected chi connectivity index (χ3v) is 4.12. The number of hydrogen-bond donors (Lipinski definition) is 2. The molecule has 0 atom stereocenters. The first kappa shape index (κ1) is 16.8. The monoisotopic (exact) mass is 329 g/mol. The zero-order chi connectivity index (χ0) is 16.6.